The van der Waals surface area contributed by atoms with Gasteiger partial charge in [-0.1, -0.05) is 0 Å². The zero-order valence-electron chi connectivity index (χ0n) is 5.84. The van der Waals surface area contributed by atoms with Gasteiger partial charge in [-0.05, 0) is 0 Å². The molecule has 0 aliphatic carbocycles. The van der Waals surface area contributed by atoms with Crippen molar-refractivity contribution in [2.75, 3.05) is 0 Å². The van der Waals surface area contributed by atoms with Crippen LogP contribution < -0.4 is 0 Å². The molecule has 0 bridgehead atoms. The van der Waals surface area contributed by atoms with Crippen LogP contribution in [0.25, 0.3) is 0 Å². The van der Waals surface area contributed by atoms with Crippen LogP contribution in [0.3, 0.4) is 0 Å². The van der Waals surface area contributed by atoms with Crippen LogP contribution in [0.5, 0.6) is 0 Å². The molecule has 8 heteroatoms. The zero-order valence-corrected chi connectivity index (χ0v) is 9.08. The summed E-state index contributed by atoms with van der Waals surface area (Å²) in [5.41, 5.74) is -2.50. The van der Waals surface area contributed by atoms with Crippen molar-refractivity contribution in [1.82, 2.24) is 0 Å². The Bertz CT molecular complexity index is 218. The van der Waals surface area contributed by atoms with E-state index in [0.29, 0.717) is 0 Å². The summed E-state index contributed by atoms with van der Waals surface area (Å²) in [5.74, 6) is 0. The van der Waals surface area contributed by atoms with Gasteiger partial charge in [-0.25, -0.2) is 0 Å². The maximum atomic E-state index is 11.5. The topological polar surface area (TPSA) is 43.4 Å². The molecule has 11 heavy (non-hydrogen) atoms. The van der Waals surface area contributed by atoms with Crippen LogP contribution in [0.15, 0.2) is 0 Å². The summed E-state index contributed by atoms with van der Waals surface area (Å²) in [6, 6.07) is 0. The molecule has 0 fully saturated rings. The SMILES string of the molecule is [CH3][Ga]([CH3])[O]S(=O)(=O)C(F)(F)F. The van der Waals surface area contributed by atoms with Crippen LogP contribution in [0.4, 0.5) is 13.2 Å². The van der Waals surface area contributed by atoms with E-state index in [9.17, 15) is 21.6 Å². The van der Waals surface area contributed by atoms with Gasteiger partial charge in [0.2, 0.25) is 0 Å². The molecule has 0 aliphatic heterocycles. The fourth-order valence-corrected chi connectivity index (χ4v) is 4.80. The third-order valence-electron chi connectivity index (χ3n) is 0.603. The molecule has 66 valence electrons. The molecule has 0 amide bonds. The normalized spacial score (nSPS) is 13.2. The van der Waals surface area contributed by atoms with Crippen LogP contribution in [0.2, 0.25) is 11.0 Å². The minimum atomic E-state index is -5.31. The van der Waals surface area contributed by atoms with Crippen LogP contribution in [0, 0.1) is 0 Å². The Morgan fingerprint density at radius 1 is 1.27 bits per heavy atom. The molecule has 0 aromatic heterocycles. The molecule has 0 atom stereocenters. The average molecular weight is 249 g/mol. The van der Waals surface area contributed by atoms with Crippen molar-refractivity contribution in [3.8, 4) is 0 Å². The van der Waals surface area contributed by atoms with E-state index in [-0.39, 0.29) is 0 Å². The Hall–Kier alpha value is 0.336. The second-order valence-electron chi connectivity index (χ2n) is 2.04. The fraction of sp³-hybridized carbons (Fsp3) is 1.00. The van der Waals surface area contributed by atoms with E-state index in [1.807, 2.05) is 0 Å². The van der Waals surface area contributed by atoms with Crippen LogP contribution in [0.1, 0.15) is 0 Å². The summed E-state index contributed by atoms with van der Waals surface area (Å²) in [7, 11) is -5.31. The van der Waals surface area contributed by atoms with Gasteiger partial charge in [-0.15, -0.1) is 0 Å². The average Bonchev–Trinajstić information content (AvgIpc) is 1.56. The van der Waals surface area contributed by atoms with Crippen molar-refractivity contribution in [3.63, 3.8) is 0 Å². The third-order valence-corrected chi connectivity index (χ3v) is 5.83. The second-order valence-corrected chi connectivity index (χ2v) is 9.22. The zero-order chi connectivity index (χ0) is 9.28. The predicted octanol–water partition coefficient (Wildman–Crippen LogP) is 1.10. The molecule has 0 rings (SSSR count). The van der Waals surface area contributed by atoms with E-state index in [0.717, 1.165) is 0 Å². The molecule has 0 aromatic carbocycles. The molecule has 0 saturated carbocycles. The van der Waals surface area contributed by atoms with Gasteiger partial charge in [0.1, 0.15) is 0 Å². The first-order valence-electron chi connectivity index (χ1n) is 2.66. The van der Waals surface area contributed by atoms with E-state index < -0.39 is 32.2 Å². The molecule has 0 aromatic rings. The number of hydrogen-bond donors (Lipinski definition) is 0. The third kappa shape index (κ3) is 3.49. The van der Waals surface area contributed by atoms with Crippen molar-refractivity contribution >= 4 is 26.7 Å². The van der Waals surface area contributed by atoms with Gasteiger partial charge in [0.25, 0.3) is 0 Å². The number of alkyl halides is 3. The van der Waals surface area contributed by atoms with E-state index in [1.165, 1.54) is 11.0 Å². The standard InChI is InChI=1S/CHF3O3S.2CH3.Ga/c2-1(3,4)8(5,6)7;;;/h(H,5,6,7);2*1H3;/q;;;+1/p-1. The number of hydrogen-bond acceptors (Lipinski definition) is 3. The van der Waals surface area contributed by atoms with Gasteiger partial charge in [-0.2, -0.15) is 0 Å². The Labute approximate surface area is 68.1 Å². The van der Waals surface area contributed by atoms with Crippen molar-refractivity contribution in [2.24, 2.45) is 0 Å². The van der Waals surface area contributed by atoms with Gasteiger partial charge < -0.3 is 0 Å². The van der Waals surface area contributed by atoms with Crippen LogP contribution in [-0.2, 0) is 13.1 Å². The van der Waals surface area contributed by atoms with Crippen molar-refractivity contribution in [3.05, 3.63) is 0 Å². The van der Waals surface area contributed by atoms with Crippen LogP contribution in [-0.4, -0.2) is 30.5 Å². The van der Waals surface area contributed by atoms with Crippen molar-refractivity contribution < 1.29 is 24.6 Å². The van der Waals surface area contributed by atoms with E-state index in [2.05, 4.69) is 2.98 Å². The van der Waals surface area contributed by atoms with E-state index in [4.69, 9.17) is 0 Å². The van der Waals surface area contributed by atoms with E-state index >= 15 is 0 Å². The Kier molecular flexibility index (Phi) is 3.48. The van der Waals surface area contributed by atoms with Crippen LogP contribution >= 0.6 is 0 Å². The quantitative estimate of drug-likeness (QED) is 0.543. The second kappa shape index (κ2) is 3.38. The molecule has 3 nitrogen and oxygen atoms in total. The van der Waals surface area contributed by atoms with Gasteiger partial charge in [0, 0.05) is 0 Å². The molecule has 0 aliphatic rings. The Morgan fingerprint density at radius 2 is 1.64 bits per heavy atom. The van der Waals surface area contributed by atoms with Gasteiger partial charge in [0.05, 0.1) is 0 Å². The Balaban J connectivity index is 4.51. The summed E-state index contributed by atoms with van der Waals surface area (Å²) < 4.78 is 58.7. The van der Waals surface area contributed by atoms with Gasteiger partial charge in [-0.3, -0.25) is 0 Å². The molecule has 0 saturated heterocycles. The Morgan fingerprint density at radius 3 is 1.73 bits per heavy atom. The summed E-state index contributed by atoms with van der Waals surface area (Å²) in [4.78, 5) is 0. The predicted molar refractivity (Wildman–Crippen MR) is 33.5 cm³/mol. The summed E-state index contributed by atoms with van der Waals surface area (Å²) in [6.07, 6.45) is 0. The summed E-state index contributed by atoms with van der Waals surface area (Å²) in [6.45, 7) is 0. The number of rotatable bonds is 2. The first-order chi connectivity index (χ1) is 4.67. The van der Waals surface area contributed by atoms with Gasteiger partial charge in [0.15, 0.2) is 0 Å². The first-order valence-corrected chi connectivity index (χ1v) is 9.90. The van der Waals surface area contributed by atoms with Gasteiger partial charge >= 0.3 is 67.7 Å². The van der Waals surface area contributed by atoms with Crippen molar-refractivity contribution in [1.29, 1.82) is 0 Å². The summed E-state index contributed by atoms with van der Waals surface area (Å²) in [5, 5.41) is 0. The molecular weight excluding hydrogens is 243 g/mol. The van der Waals surface area contributed by atoms with E-state index in [1.54, 1.807) is 0 Å². The molecule has 0 spiro atoms. The van der Waals surface area contributed by atoms with Crippen molar-refractivity contribution in [2.45, 2.75) is 16.5 Å². The summed E-state index contributed by atoms with van der Waals surface area (Å²) >= 11 is -2.62. The fourth-order valence-electron chi connectivity index (χ4n) is 0.308. The molecule has 0 N–H and O–H groups in total. The minimum absolute atomic E-state index is 1.39. The molecule has 0 radical (unpaired) electrons. The first kappa shape index (κ1) is 11.3. The maximum absolute atomic E-state index is 11.5. The monoisotopic (exact) mass is 248 g/mol. The molecular formula is C3H6F3GaO3S. The number of halogens is 3. The molecule has 0 unspecified atom stereocenters. The molecule has 0 heterocycles.